The largest absolute Gasteiger partial charge is 0.469 e. The maximum Gasteiger partial charge on any atom is 0.306 e. The van der Waals surface area contributed by atoms with E-state index < -0.39 is 20.9 Å². The van der Waals surface area contributed by atoms with E-state index in [1.807, 2.05) is 0 Å². The number of nitro groups is 1. The van der Waals surface area contributed by atoms with Gasteiger partial charge in [0.25, 0.3) is 5.69 Å². The number of hydrogen-bond acceptors (Lipinski definition) is 7. The van der Waals surface area contributed by atoms with E-state index in [1.54, 1.807) is 6.92 Å². The van der Waals surface area contributed by atoms with Gasteiger partial charge in [0.05, 0.1) is 28.2 Å². The summed E-state index contributed by atoms with van der Waals surface area (Å²) >= 11 is 1.08. The molecule has 10 heteroatoms. The van der Waals surface area contributed by atoms with Crippen LogP contribution in [0.4, 0.5) is 5.69 Å². The third kappa shape index (κ3) is 4.99. The molecular weight excluding hydrogens is 320 g/mol. The highest BCUT2D eigenvalue weighted by Gasteiger charge is 2.21. The van der Waals surface area contributed by atoms with Crippen molar-refractivity contribution < 1.29 is 22.9 Å². The van der Waals surface area contributed by atoms with Crippen molar-refractivity contribution in [3.05, 3.63) is 28.3 Å². The van der Waals surface area contributed by atoms with E-state index in [1.165, 1.54) is 19.2 Å². The fourth-order valence-corrected chi connectivity index (χ4v) is 3.08. The van der Waals surface area contributed by atoms with Gasteiger partial charge in [0.15, 0.2) is 0 Å². The van der Waals surface area contributed by atoms with Gasteiger partial charge in [-0.3, -0.25) is 14.9 Å². The number of esters is 1. The van der Waals surface area contributed by atoms with Crippen molar-refractivity contribution in [2.45, 2.75) is 28.4 Å². The van der Waals surface area contributed by atoms with Crippen LogP contribution in [0.25, 0.3) is 0 Å². The molecule has 0 bridgehead atoms. The molecule has 1 aromatic carbocycles. The maximum absolute atomic E-state index is 11.2. The van der Waals surface area contributed by atoms with Crippen molar-refractivity contribution in [3.63, 3.8) is 0 Å². The number of nitro benzene ring substituents is 1. The fourth-order valence-electron chi connectivity index (χ4n) is 1.49. The Morgan fingerprint density at radius 2 is 2.14 bits per heavy atom. The van der Waals surface area contributed by atoms with Crippen LogP contribution in [0, 0.1) is 10.1 Å². The highest BCUT2D eigenvalue weighted by molar-refractivity contribution is 8.00. The summed E-state index contributed by atoms with van der Waals surface area (Å²) in [4.78, 5) is 21.4. The molecule has 0 radical (unpaired) electrons. The average molecular weight is 334 g/mol. The number of ether oxygens (including phenoxy) is 1. The Morgan fingerprint density at radius 3 is 2.62 bits per heavy atom. The summed E-state index contributed by atoms with van der Waals surface area (Å²) in [5.74, 6) is -0.432. The Labute approximate surface area is 125 Å². The molecular formula is C11H14N2O6S2. The molecule has 0 amide bonds. The predicted octanol–water partition coefficient (Wildman–Crippen LogP) is 1.29. The number of methoxy groups -OCH3 is 1. The quantitative estimate of drug-likeness (QED) is 0.359. The zero-order valence-electron chi connectivity index (χ0n) is 11.3. The molecule has 0 aliphatic carbocycles. The number of nitrogens with two attached hydrogens (primary N) is 1. The van der Waals surface area contributed by atoms with Crippen molar-refractivity contribution >= 4 is 33.4 Å². The highest BCUT2D eigenvalue weighted by atomic mass is 32.2. The zero-order valence-corrected chi connectivity index (χ0v) is 12.9. The number of sulfonamides is 1. The molecule has 1 rings (SSSR count). The van der Waals surface area contributed by atoms with Gasteiger partial charge < -0.3 is 4.74 Å². The van der Waals surface area contributed by atoms with Crippen molar-refractivity contribution in [2.24, 2.45) is 5.14 Å². The van der Waals surface area contributed by atoms with Crippen LogP contribution in [0.1, 0.15) is 13.3 Å². The summed E-state index contributed by atoms with van der Waals surface area (Å²) in [6, 6.07) is 3.40. The van der Waals surface area contributed by atoms with E-state index in [4.69, 9.17) is 5.14 Å². The molecule has 0 fully saturated rings. The van der Waals surface area contributed by atoms with Crippen LogP contribution >= 0.6 is 11.8 Å². The molecule has 1 atom stereocenters. The monoisotopic (exact) mass is 334 g/mol. The number of primary sulfonamides is 1. The van der Waals surface area contributed by atoms with Gasteiger partial charge in [0, 0.05) is 11.3 Å². The first kappa shape index (κ1) is 17.4. The number of nitrogens with zero attached hydrogens (tertiary/aromatic N) is 1. The van der Waals surface area contributed by atoms with Gasteiger partial charge in [-0.05, 0) is 12.1 Å². The minimum absolute atomic E-state index is 0.0786. The van der Waals surface area contributed by atoms with Gasteiger partial charge in [0.1, 0.15) is 0 Å². The number of carbonyl (C=O) groups is 1. The van der Waals surface area contributed by atoms with E-state index in [-0.39, 0.29) is 27.1 Å². The minimum Gasteiger partial charge on any atom is -0.469 e. The lowest BCUT2D eigenvalue weighted by molar-refractivity contribution is -0.388. The number of hydrogen-bond donors (Lipinski definition) is 1. The van der Waals surface area contributed by atoms with E-state index in [9.17, 15) is 23.3 Å². The first-order valence-electron chi connectivity index (χ1n) is 5.70. The van der Waals surface area contributed by atoms with Crippen LogP contribution in [-0.4, -0.2) is 31.7 Å². The van der Waals surface area contributed by atoms with Crippen LogP contribution in [0.2, 0.25) is 0 Å². The van der Waals surface area contributed by atoms with Gasteiger partial charge in [-0.2, -0.15) is 0 Å². The third-order valence-electron chi connectivity index (χ3n) is 2.47. The number of carbonyl (C=O) groups excluding carboxylic acids is 1. The molecule has 8 nitrogen and oxygen atoms in total. The zero-order chi connectivity index (χ0) is 16.2. The molecule has 0 heterocycles. The van der Waals surface area contributed by atoms with Gasteiger partial charge in [-0.15, -0.1) is 11.8 Å². The van der Waals surface area contributed by atoms with Crippen LogP contribution in [0.3, 0.4) is 0 Å². The topological polar surface area (TPSA) is 130 Å². The van der Waals surface area contributed by atoms with Crippen molar-refractivity contribution in [1.82, 2.24) is 0 Å². The highest BCUT2D eigenvalue weighted by Crippen LogP contribution is 2.34. The van der Waals surface area contributed by atoms with Crippen LogP contribution in [0.15, 0.2) is 28.0 Å². The molecule has 0 saturated heterocycles. The fraction of sp³-hybridized carbons (Fsp3) is 0.364. The van der Waals surface area contributed by atoms with Gasteiger partial charge >= 0.3 is 5.97 Å². The van der Waals surface area contributed by atoms with Crippen molar-refractivity contribution in [1.29, 1.82) is 0 Å². The molecule has 2 N–H and O–H groups in total. The first-order valence-corrected chi connectivity index (χ1v) is 8.12. The van der Waals surface area contributed by atoms with Gasteiger partial charge in [-0.25, -0.2) is 13.6 Å². The molecule has 21 heavy (non-hydrogen) atoms. The minimum atomic E-state index is -4.01. The molecule has 0 aromatic heterocycles. The number of rotatable bonds is 6. The van der Waals surface area contributed by atoms with E-state index in [0.717, 1.165) is 17.8 Å². The molecule has 116 valence electrons. The van der Waals surface area contributed by atoms with Gasteiger partial charge in [-0.1, -0.05) is 6.92 Å². The molecule has 0 aliphatic heterocycles. The maximum atomic E-state index is 11.2. The first-order chi connectivity index (χ1) is 9.65. The average Bonchev–Trinajstić information content (AvgIpc) is 2.37. The van der Waals surface area contributed by atoms with Crippen molar-refractivity contribution in [3.8, 4) is 0 Å². The van der Waals surface area contributed by atoms with Crippen LogP contribution in [0.5, 0.6) is 0 Å². The molecule has 1 aromatic rings. The third-order valence-corrected chi connectivity index (χ3v) is 4.54. The molecule has 1 unspecified atom stereocenters. The standard InChI is InChI=1S/C11H14N2O6S2/c1-7(5-11(14)19-2)20-10-4-3-8(21(12,17)18)6-9(10)13(15)16/h3-4,6-7H,5H2,1-2H3,(H2,12,17,18). The molecule has 0 spiro atoms. The Balaban J connectivity index is 3.08. The normalized spacial score (nSPS) is 12.7. The molecule has 0 saturated carbocycles. The molecule has 0 aliphatic rings. The van der Waals surface area contributed by atoms with Crippen LogP contribution < -0.4 is 5.14 Å². The second kappa shape index (κ2) is 6.87. The summed E-state index contributed by atoms with van der Waals surface area (Å²) in [5.41, 5.74) is -0.372. The SMILES string of the molecule is COC(=O)CC(C)Sc1ccc(S(N)(=O)=O)cc1[N+](=O)[O-]. The lowest BCUT2D eigenvalue weighted by atomic mass is 10.3. The van der Waals surface area contributed by atoms with Crippen molar-refractivity contribution in [2.75, 3.05) is 7.11 Å². The summed E-state index contributed by atoms with van der Waals surface area (Å²) in [6.45, 7) is 1.71. The Bertz CT molecular complexity index is 659. The Morgan fingerprint density at radius 1 is 1.52 bits per heavy atom. The lowest BCUT2D eigenvalue weighted by Gasteiger charge is -2.10. The predicted molar refractivity (Wildman–Crippen MR) is 76.4 cm³/mol. The number of thioether (sulfide) groups is 1. The summed E-state index contributed by atoms with van der Waals surface area (Å²) in [6.07, 6.45) is 0.0786. The summed E-state index contributed by atoms with van der Waals surface area (Å²) < 4.78 is 26.9. The van der Waals surface area contributed by atoms with E-state index in [2.05, 4.69) is 4.74 Å². The second-order valence-corrected chi connectivity index (χ2v) is 7.18. The van der Waals surface area contributed by atoms with E-state index in [0.29, 0.717) is 0 Å². The Kier molecular flexibility index (Phi) is 5.70. The summed E-state index contributed by atoms with van der Waals surface area (Å²) in [7, 11) is -2.76. The Hall–Kier alpha value is -1.65. The smallest absolute Gasteiger partial charge is 0.306 e. The van der Waals surface area contributed by atoms with Gasteiger partial charge in [0.2, 0.25) is 10.0 Å². The summed E-state index contributed by atoms with van der Waals surface area (Å²) in [5, 5.41) is 15.7. The number of benzene rings is 1. The van der Waals surface area contributed by atoms with Crippen LogP contribution in [-0.2, 0) is 19.6 Å². The lowest BCUT2D eigenvalue weighted by Crippen LogP contribution is -2.13. The second-order valence-electron chi connectivity index (χ2n) is 4.14. The van der Waals surface area contributed by atoms with E-state index >= 15 is 0 Å².